The molecule has 0 unspecified atom stereocenters. The lowest BCUT2D eigenvalue weighted by Crippen LogP contribution is -2.15. The third kappa shape index (κ3) is 2.62. The van der Waals surface area contributed by atoms with E-state index < -0.39 is 0 Å². The monoisotopic (exact) mass is 243 g/mol. The van der Waals surface area contributed by atoms with E-state index in [4.69, 9.17) is 4.74 Å². The third-order valence-corrected chi connectivity index (χ3v) is 2.93. The largest absolute Gasteiger partial charge is 0.485 e. The highest BCUT2D eigenvalue weighted by Crippen LogP contribution is 2.19. The van der Waals surface area contributed by atoms with E-state index in [0.29, 0.717) is 5.69 Å². The van der Waals surface area contributed by atoms with Crippen LogP contribution in [0.25, 0.3) is 0 Å². The van der Waals surface area contributed by atoms with E-state index in [9.17, 15) is 4.79 Å². The molecule has 94 valence electrons. The van der Waals surface area contributed by atoms with Gasteiger partial charge in [-0.25, -0.2) is 0 Å². The number of rotatable bonds is 4. The Balaban J connectivity index is 2.06. The smallest absolute Gasteiger partial charge is 0.216 e. The maximum Gasteiger partial charge on any atom is 0.216 e. The molecule has 0 N–H and O–H groups in total. The zero-order valence-electron chi connectivity index (χ0n) is 10.9. The molecule has 3 heteroatoms. The van der Waals surface area contributed by atoms with Gasteiger partial charge in [-0.1, -0.05) is 12.1 Å². The van der Waals surface area contributed by atoms with E-state index >= 15 is 0 Å². The first-order chi connectivity index (χ1) is 8.58. The summed E-state index contributed by atoms with van der Waals surface area (Å²) in [7, 11) is 1.85. The summed E-state index contributed by atoms with van der Waals surface area (Å²) in [5.41, 5.74) is 2.84. The van der Waals surface area contributed by atoms with Gasteiger partial charge in [-0.3, -0.25) is 4.79 Å². The molecule has 0 aliphatic carbocycles. The lowest BCUT2D eigenvalue weighted by atomic mass is 10.1. The molecule has 0 spiro atoms. The van der Waals surface area contributed by atoms with Crippen LogP contribution in [0.3, 0.4) is 0 Å². The first-order valence-corrected chi connectivity index (χ1v) is 5.92. The zero-order chi connectivity index (χ0) is 13.1. The van der Waals surface area contributed by atoms with Crippen molar-refractivity contribution in [1.29, 1.82) is 0 Å². The Labute approximate surface area is 107 Å². The van der Waals surface area contributed by atoms with E-state index in [-0.39, 0.29) is 12.4 Å². The van der Waals surface area contributed by atoms with E-state index in [0.717, 1.165) is 16.9 Å². The Hall–Kier alpha value is -2.03. The Morgan fingerprint density at radius 2 is 2.06 bits per heavy atom. The molecule has 0 aliphatic heterocycles. The predicted molar refractivity (Wildman–Crippen MR) is 71.2 cm³/mol. The number of ketones is 1. The molecular weight excluding hydrogens is 226 g/mol. The van der Waals surface area contributed by atoms with Crippen molar-refractivity contribution in [3.05, 3.63) is 53.3 Å². The molecule has 0 saturated heterocycles. The fraction of sp³-hybridized carbons (Fsp3) is 0.267. The second-order valence-electron chi connectivity index (χ2n) is 4.49. The van der Waals surface area contributed by atoms with Crippen molar-refractivity contribution in [2.45, 2.75) is 13.8 Å². The minimum Gasteiger partial charge on any atom is -0.485 e. The second kappa shape index (κ2) is 5.08. The number of hydrogen-bond donors (Lipinski definition) is 0. The van der Waals surface area contributed by atoms with Crippen molar-refractivity contribution in [1.82, 2.24) is 4.57 Å². The molecule has 0 fully saturated rings. The maximum absolute atomic E-state index is 12.0. The molecule has 0 aliphatic rings. The quantitative estimate of drug-likeness (QED) is 0.773. The van der Waals surface area contributed by atoms with Crippen molar-refractivity contribution in [2.24, 2.45) is 7.05 Å². The number of carbonyl (C=O) groups is 1. The zero-order valence-corrected chi connectivity index (χ0v) is 10.9. The van der Waals surface area contributed by atoms with Crippen LogP contribution in [0.4, 0.5) is 0 Å². The van der Waals surface area contributed by atoms with Crippen LogP contribution in [0, 0.1) is 13.8 Å². The first-order valence-electron chi connectivity index (χ1n) is 5.92. The summed E-state index contributed by atoms with van der Waals surface area (Å²) in [5, 5.41) is 0. The molecule has 0 saturated carbocycles. The number of carbonyl (C=O) groups excluding carboxylic acids is 1. The summed E-state index contributed by atoms with van der Waals surface area (Å²) in [6, 6.07) is 9.63. The van der Waals surface area contributed by atoms with Crippen LogP contribution in [0.5, 0.6) is 5.75 Å². The Bertz CT molecular complexity index is 570. The van der Waals surface area contributed by atoms with Crippen molar-refractivity contribution < 1.29 is 9.53 Å². The summed E-state index contributed by atoms with van der Waals surface area (Å²) < 4.78 is 7.40. The number of Topliss-reactive ketones (excluding diaryl/α,β-unsaturated/α-hetero) is 1. The number of benzene rings is 1. The van der Waals surface area contributed by atoms with Gasteiger partial charge in [0.15, 0.2) is 6.61 Å². The van der Waals surface area contributed by atoms with Gasteiger partial charge in [0.05, 0.1) is 5.69 Å². The number of ether oxygens (including phenoxy) is 1. The standard InChI is InChI=1S/C15H17NO2/c1-11-6-7-12(2)15(9-11)18-10-14(17)13-5-4-8-16(13)3/h4-9H,10H2,1-3H3. The Kier molecular flexibility index (Phi) is 3.51. The highest BCUT2D eigenvalue weighted by Gasteiger charge is 2.10. The lowest BCUT2D eigenvalue weighted by Gasteiger charge is -2.09. The van der Waals surface area contributed by atoms with Crippen LogP contribution in [0.2, 0.25) is 0 Å². The molecule has 1 aromatic heterocycles. The van der Waals surface area contributed by atoms with E-state index in [1.54, 1.807) is 10.6 Å². The van der Waals surface area contributed by atoms with Crippen LogP contribution in [-0.4, -0.2) is 17.0 Å². The van der Waals surface area contributed by atoms with Gasteiger partial charge in [-0.05, 0) is 43.2 Å². The van der Waals surface area contributed by atoms with Crippen LogP contribution in [0.15, 0.2) is 36.5 Å². The van der Waals surface area contributed by atoms with Gasteiger partial charge in [0.2, 0.25) is 5.78 Å². The average Bonchev–Trinajstić information content (AvgIpc) is 2.76. The highest BCUT2D eigenvalue weighted by atomic mass is 16.5. The van der Waals surface area contributed by atoms with Crippen molar-refractivity contribution in [2.75, 3.05) is 6.61 Å². The maximum atomic E-state index is 12.0. The molecule has 2 aromatic rings. The average molecular weight is 243 g/mol. The molecule has 0 radical (unpaired) electrons. The lowest BCUT2D eigenvalue weighted by molar-refractivity contribution is 0.0913. The fourth-order valence-electron chi connectivity index (χ4n) is 1.83. The summed E-state index contributed by atoms with van der Waals surface area (Å²) >= 11 is 0. The molecular formula is C15H17NO2. The summed E-state index contributed by atoms with van der Waals surface area (Å²) in [6.45, 7) is 4.05. The minimum atomic E-state index is -0.0107. The molecule has 1 heterocycles. The van der Waals surface area contributed by atoms with E-state index in [1.165, 1.54) is 0 Å². The van der Waals surface area contributed by atoms with Crippen LogP contribution in [-0.2, 0) is 7.05 Å². The van der Waals surface area contributed by atoms with Gasteiger partial charge in [0, 0.05) is 13.2 Å². The molecule has 3 nitrogen and oxygen atoms in total. The second-order valence-corrected chi connectivity index (χ2v) is 4.49. The van der Waals surface area contributed by atoms with Crippen LogP contribution < -0.4 is 4.74 Å². The highest BCUT2D eigenvalue weighted by molar-refractivity contribution is 5.95. The normalized spacial score (nSPS) is 10.4. The van der Waals surface area contributed by atoms with Gasteiger partial charge >= 0.3 is 0 Å². The summed E-state index contributed by atoms with van der Waals surface area (Å²) in [5.74, 6) is 0.765. The first kappa shape index (κ1) is 12.4. The van der Waals surface area contributed by atoms with Crippen LogP contribution in [0.1, 0.15) is 21.6 Å². The Morgan fingerprint density at radius 1 is 1.28 bits per heavy atom. The predicted octanol–water partition coefficient (Wildman–Crippen LogP) is 2.90. The van der Waals surface area contributed by atoms with Crippen molar-refractivity contribution in [3.63, 3.8) is 0 Å². The van der Waals surface area contributed by atoms with Crippen molar-refractivity contribution in [3.8, 4) is 5.75 Å². The SMILES string of the molecule is Cc1ccc(C)c(OCC(=O)c2cccn2C)c1. The van der Waals surface area contributed by atoms with Gasteiger partial charge in [0.25, 0.3) is 0 Å². The third-order valence-electron chi connectivity index (χ3n) is 2.93. The fourth-order valence-corrected chi connectivity index (χ4v) is 1.83. The number of aromatic nitrogens is 1. The van der Waals surface area contributed by atoms with Gasteiger partial charge in [-0.15, -0.1) is 0 Å². The van der Waals surface area contributed by atoms with Gasteiger partial charge < -0.3 is 9.30 Å². The molecule has 0 bridgehead atoms. The number of nitrogens with zero attached hydrogens (tertiary/aromatic N) is 1. The van der Waals surface area contributed by atoms with E-state index in [2.05, 4.69) is 0 Å². The summed E-state index contributed by atoms with van der Waals surface area (Å²) in [4.78, 5) is 12.0. The van der Waals surface area contributed by atoms with Crippen LogP contribution >= 0.6 is 0 Å². The van der Waals surface area contributed by atoms with E-state index in [1.807, 2.05) is 51.4 Å². The molecule has 2 rings (SSSR count). The van der Waals surface area contributed by atoms with Gasteiger partial charge in [0.1, 0.15) is 5.75 Å². The molecule has 1 aromatic carbocycles. The Morgan fingerprint density at radius 3 is 2.72 bits per heavy atom. The molecule has 0 amide bonds. The summed E-state index contributed by atoms with van der Waals surface area (Å²) in [6.07, 6.45) is 1.85. The topological polar surface area (TPSA) is 31.2 Å². The number of aryl methyl sites for hydroxylation is 3. The number of hydrogen-bond acceptors (Lipinski definition) is 2. The minimum absolute atomic E-state index is 0.0107. The van der Waals surface area contributed by atoms with Gasteiger partial charge in [-0.2, -0.15) is 0 Å². The molecule has 18 heavy (non-hydrogen) atoms. The molecule has 0 atom stereocenters. The van der Waals surface area contributed by atoms with Crippen molar-refractivity contribution >= 4 is 5.78 Å².